The van der Waals surface area contributed by atoms with E-state index in [4.69, 9.17) is 16.3 Å². The van der Waals surface area contributed by atoms with E-state index in [-0.39, 0.29) is 5.91 Å². The highest BCUT2D eigenvalue weighted by Crippen LogP contribution is 2.17. The quantitative estimate of drug-likeness (QED) is 0.805. The molecule has 0 aliphatic heterocycles. The second-order valence-electron chi connectivity index (χ2n) is 5.05. The third-order valence-electron chi connectivity index (χ3n) is 3.39. The highest BCUT2D eigenvalue weighted by atomic mass is 35.5. The van der Waals surface area contributed by atoms with E-state index in [1.54, 1.807) is 31.2 Å². The minimum absolute atomic E-state index is 0.222. The predicted molar refractivity (Wildman–Crippen MR) is 92.7 cm³/mol. The normalized spacial score (nSPS) is 9.70. The zero-order chi connectivity index (χ0) is 16.7. The fourth-order valence-corrected chi connectivity index (χ4v) is 2.28. The summed E-state index contributed by atoms with van der Waals surface area (Å²) in [7, 11) is 3.38. The zero-order valence-electron chi connectivity index (χ0n) is 13.2. The van der Waals surface area contributed by atoms with Crippen LogP contribution >= 0.6 is 11.6 Å². The first kappa shape index (κ1) is 16.9. The molecule has 118 valence electrons. The average molecular weight is 328 g/mol. The molecule has 0 atom stereocenters. The standard InChI is InChI=1S/C19H18ClNO2/c1-21(13-12-16-7-3-4-9-18(16)23-2)19(22)11-10-15-6-5-8-17(20)14-15/h3-9,14H,12-13H2,1-2H3. The highest BCUT2D eigenvalue weighted by Gasteiger charge is 2.07. The van der Waals surface area contributed by atoms with E-state index in [9.17, 15) is 4.79 Å². The van der Waals surface area contributed by atoms with E-state index >= 15 is 0 Å². The average Bonchev–Trinajstić information content (AvgIpc) is 2.57. The zero-order valence-corrected chi connectivity index (χ0v) is 13.9. The van der Waals surface area contributed by atoms with Crippen LogP contribution in [-0.2, 0) is 11.2 Å². The van der Waals surface area contributed by atoms with Gasteiger partial charge >= 0.3 is 0 Å². The first-order valence-electron chi connectivity index (χ1n) is 7.24. The number of halogens is 1. The highest BCUT2D eigenvalue weighted by molar-refractivity contribution is 6.30. The van der Waals surface area contributed by atoms with Crippen molar-refractivity contribution in [3.8, 4) is 17.6 Å². The number of benzene rings is 2. The lowest BCUT2D eigenvalue weighted by Crippen LogP contribution is -2.27. The lowest BCUT2D eigenvalue weighted by Gasteiger charge is -2.15. The molecule has 2 rings (SSSR count). The van der Waals surface area contributed by atoms with Gasteiger partial charge in [0.05, 0.1) is 7.11 Å². The number of rotatable bonds is 4. The molecule has 3 nitrogen and oxygen atoms in total. The molecule has 0 saturated carbocycles. The van der Waals surface area contributed by atoms with Gasteiger partial charge in [-0.05, 0) is 36.2 Å². The van der Waals surface area contributed by atoms with Gasteiger partial charge in [0.1, 0.15) is 5.75 Å². The summed E-state index contributed by atoms with van der Waals surface area (Å²) in [5.41, 5.74) is 1.79. The van der Waals surface area contributed by atoms with Gasteiger partial charge < -0.3 is 9.64 Å². The van der Waals surface area contributed by atoms with Crippen molar-refractivity contribution in [1.29, 1.82) is 0 Å². The summed E-state index contributed by atoms with van der Waals surface area (Å²) < 4.78 is 5.31. The summed E-state index contributed by atoms with van der Waals surface area (Å²) in [5.74, 6) is 6.08. The maximum absolute atomic E-state index is 12.1. The van der Waals surface area contributed by atoms with E-state index < -0.39 is 0 Å². The van der Waals surface area contributed by atoms with Crippen molar-refractivity contribution in [1.82, 2.24) is 4.90 Å². The molecule has 0 radical (unpaired) electrons. The van der Waals surface area contributed by atoms with Crippen LogP contribution in [0.4, 0.5) is 0 Å². The first-order valence-corrected chi connectivity index (χ1v) is 7.62. The van der Waals surface area contributed by atoms with E-state index in [0.717, 1.165) is 16.9 Å². The van der Waals surface area contributed by atoms with Gasteiger partial charge in [0.25, 0.3) is 5.91 Å². The monoisotopic (exact) mass is 327 g/mol. The third-order valence-corrected chi connectivity index (χ3v) is 3.63. The molecule has 0 heterocycles. The number of para-hydroxylation sites is 1. The molecule has 0 aromatic heterocycles. The van der Waals surface area contributed by atoms with Crippen LogP contribution in [0.1, 0.15) is 11.1 Å². The molecule has 0 N–H and O–H groups in total. The van der Waals surface area contributed by atoms with Crippen molar-refractivity contribution >= 4 is 17.5 Å². The lowest BCUT2D eigenvalue weighted by molar-refractivity contribution is -0.123. The molecule has 2 aromatic rings. The minimum atomic E-state index is -0.222. The summed E-state index contributed by atoms with van der Waals surface area (Å²) in [6.45, 7) is 0.573. The van der Waals surface area contributed by atoms with Crippen molar-refractivity contribution in [2.24, 2.45) is 0 Å². The molecule has 0 unspecified atom stereocenters. The van der Waals surface area contributed by atoms with Gasteiger partial charge in [-0.2, -0.15) is 0 Å². The van der Waals surface area contributed by atoms with Gasteiger partial charge in [0, 0.05) is 30.1 Å². The summed E-state index contributed by atoms with van der Waals surface area (Å²) in [6, 6.07) is 14.9. The molecule has 1 amide bonds. The lowest BCUT2D eigenvalue weighted by atomic mass is 10.1. The van der Waals surface area contributed by atoms with Crippen LogP contribution in [0.25, 0.3) is 0 Å². The Kier molecular flexibility index (Phi) is 6.08. The number of hydrogen-bond acceptors (Lipinski definition) is 2. The Hall–Kier alpha value is -2.44. The van der Waals surface area contributed by atoms with Crippen molar-refractivity contribution in [2.45, 2.75) is 6.42 Å². The van der Waals surface area contributed by atoms with Crippen LogP contribution < -0.4 is 4.74 Å². The topological polar surface area (TPSA) is 29.5 Å². The summed E-state index contributed by atoms with van der Waals surface area (Å²) >= 11 is 5.89. The summed E-state index contributed by atoms with van der Waals surface area (Å²) in [5, 5.41) is 0.605. The summed E-state index contributed by atoms with van der Waals surface area (Å²) in [6.07, 6.45) is 0.713. The Bertz CT molecular complexity index is 746. The van der Waals surface area contributed by atoms with Crippen molar-refractivity contribution < 1.29 is 9.53 Å². The third kappa shape index (κ3) is 5.05. The molecular weight excluding hydrogens is 310 g/mol. The van der Waals surface area contributed by atoms with E-state index in [2.05, 4.69) is 11.8 Å². The van der Waals surface area contributed by atoms with Crippen molar-refractivity contribution in [3.05, 3.63) is 64.7 Å². The molecule has 0 aliphatic rings. The number of hydrogen-bond donors (Lipinski definition) is 0. The first-order chi connectivity index (χ1) is 11.1. The molecule has 0 aliphatic carbocycles. The molecule has 0 fully saturated rings. The molecule has 0 spiro atoms. The van der Waals surface area contributed by atoms with Crippen molar-refractivity contribution in [2.75, 3.05) is 20.7 Å². The second-order valence-corrected chi connectivity index (χ2v) is 5.49. The molecule has 23 heavy (non-hydrogen) atoms. The van der Waals surface area contributed by atoms with Crippen LogP contribution in [0.3, 0.4) is 0 Å². The molecule has 4 heteroatoms. The smallest absolute Gasteiger partial charge is 0.298 e. The number of nitrogens with zero attached hydrogens (tertiary/aromatic N) is 1. The van der Waals surface area contributed by atoms with Gasteiger partial charge in [-0.25, -0.2) is 0 Å². The number of ether oxygens (including phenoxy) is 1. The number of likely N-dealkylation sites (N-methyl/N-ethyl adjacent to an activating group) is 1. The Morgan fingerprint density at radius 2 is 2.00 bits per heavy atom. The van der Waals surface area contributed by atoms with Gasteiger partial charge in [-0.3, -0.25) is 4.79 Å². The van der Waals surface area contributed by atoms with Crippen LogP contribution in [0, 0.1) is 11.8 Å². The Morgan fingerprint density at radius 3 is 2.74 bits per heavy atom. The number of carbonyl (C=O) groups is 1. The molecule has 2 aromatic carbocycles. The van der Waals surface area contributed by atoms with Gasteiger partial charge in [-0.15, -0.1) is 0 Å². The van der Waals surface area contributed by atoms with Gasteiger partial charge in [0.15, 0.2) is 0 Å². The second kappa shape index (κ2) is 8.26. The van der Waals surface area contributed by atoms with Gasteiger partial charge in [0.2, 0.25) is 0 Å². The molecular formula is C19H18ClNO2. The van der Waals surface area contributed by atoms with Crippen LogP contribution in [0.15, 0.2) is 48.5 Å². The predicted octanol–water partition coefficient (Wildman–Crippen LogP) is 3.40. The largest absolute Gasteiger partial charge is 0.496 e. The number of methoxy groups -OCH3 is 1. The SMILES string of the molecule is COc1ccccc1CCN(C)C(=O)C#Cc1cccc(Cl)c1. The summed E-state index contributed by atoms with van der Waals surface area (Å²) in [4.78, 5) is 13.7. The fourth-order valence-electron chi connectivity index (χ4n) is 2.09. The van der Waals surface area contributed by atoms with Crippen LogP contribution in [0.5, 0.6) is 5.75 Å². The fraction of sp³-hybridized carbons (Fsp3) is 0.211. The Labute approximate surface area is 141 Å². The van der Waals surface area contributed by atoms with E-state index in [0.29, 0.717) is 18.0 Å². The molecule has 0 bridgehead atoms. The number of amides is 1. The van der Waals surface area contributed by atoms with Crippen LogP contribution in [0.2, 0.25) is 5.02 Å². The molecule has 0 saturated heterocycles. The minimum Gasteiger partial charge on any atom is -0.496 e. The van der Waals surface area contributed by atoms with E-state index in [1.165, 1.54) is 0 Å². The van der Waals surface area contributed by atoms with Crippen LogP contribution in [-0.4, -0.2) is 31.5 Å². The maximum atomic E-state index is 12.1. The maximum Gasteiger partial charge on any atom is 0.298 e. The van der Waals surface area contributed by atoms with E-state index in [1.807, 2.05) is 36.4 Å². The Balaban J connectivity index is 1.96. The van der Waals surface area contributed by atoms with Crippen molar-refractivity contribution in [3.63, 3.8) is 0 Å². The Morgan fingerprint density at radius 1 is 1.22 bits per heavy atom. The number of carbonyl (C=O) groups excluding carboxylic acids is 1. The van der Waals surface area contributed by atoms with Gasteiger partial charge in [-0.1, -0.05) is 41.8 Å².